The second kappa shape index (κ2) is 12.4. The molecule has 0 heterocycles. The quantitative estimate of drug-likeness (QED) is 0.212. The number of hydrogen-bond acceptors (Lipinski definition) is 4. The number of hydrogen-bond donors (Lipinski definition) is 1. The van der Waals surface area contributed by atoms with Crippen LogP contribution >= 0.6 is 31.9 Å². The third-order valence-electron chi connectivity index (χ3n) is 4.96. The van der Waals surface area contributed by atoms with Crippen molar-refractivity contribution in [1.29, 1.82) is 5.26 Å². The molecule has 0 aliphatic carbocycles. The number of rotatable bonds is 9. The number of carbonyl (C=O) groups is 1. The lowest BCUT2D eigenvalue weighted by Crippen LogP contribution is -2.13. The summed E-state index contributed by atoms with van der Waals surface area (Å²) >= 11 is 6.96. The summed E-state index contributed by atoms with van der Waals surface area (Å²) in [4.78, 5) is 12.7. The van der Waals surface area contributed by atoms with Crippen LogP contribution in [0.2, 0.25) is 0 Å². The van der Waals surface area contributed by atoms with E-state index in [9.17, 15) is 10.1 Å². The van der Waals surface area contributed by atoms with Crippen molar-refractivity contribution in [2.45, 2.75) is 26.9 Å². The molecule has 0 atom stereocenters. The van der Waals surface area contributed by atoms with E-state index < -0.39 is 5.91 Å². The Hall–Kier alpha value is -3.08. The van der Waals surface area contributed by atoms with Crippen molar-refractivity contribution in [1.82, 2.24) is 0 Å². The minimum Gasteiger partial charge on any atom is -0.490 e. The van der Waals surface area contributed by atoms with Gasteiger partial charge in [0.2, 0.25) is 0 Å². The fourth-order valence-electron chi connectivity index (χ4n) is 3.11. The molecule has 0 fully saturated rings. The molecule has 3 rings (SSSR count). The van der Waals surface area contributed by atoms with Gasteiger partial charge in [-0.1, -0.05) is 63.0 Å². The zero-order valence-corrected chi connectivity index (χ0v) is 22.1. The number of halogens is 2. The van der Waals surface area contributed by atoms with Crippen molar-refractivity contribution in [3.63, 3.8) is 0 Å². The van der Waals surface area contributed by atoms with Gasteiger partial charge >= 0.3 is 0 Å². The summed E-state index contributed by atoms with van der Waals surface area (Å²) in [7, 11) is 0. The summed E-state index contributed by atoms with van der Waals surface area (Å²) in [5, 5.41) is 12.4. The van der Waals surface area contributed by atoms with Gasteiger partial charge in [-0.05, 0) is 72.5 Å². The van der Waals surface area contributed by atoms with Crippen LogP contribution in [-0.2, 0) is 17.8 Å². The Morgan fingerprint density at radius 3 is 2.24 bits per heavy atom. The predicted molar refractivity (Wildman–Crippen MR) is 142 cm³/mol. The first-order valence-corrected chi connectivity index (χ1v) is 12.4. The number of nitrogens with zero attached hydrogens (tertiary/aromatic N) is 1. The first kappa shape index (κ1) is 25.5. The molecule has 0 saturated heterocycles. The zero-order chi connectivity index (χ0) is 24.5. The summed E-state index contributed by atoms with van der Waals surface area (Å²) in [5.74, 6) is 0.613. The van der Waals surface area contributed by atoms with Crippen molar-refractivity contribution in [2.75, 3.05) is 11.9 Å². The maximum atomic E-state index is 12.7. The molecule has 0 aliphatic heterocycles. The molecule has 3 aromatic rings. The highest BCUT2D eigenvalue weighted by Gasteiger charge is 2.14. The smallest absolute Gasteiger partial charge is 0.266 e. The van der Waals surface area contributed by atoms with E-state index in [0.717, 1.165) is 16.5 Å². The van der Waals surface area contributed by atoms with Crippen LogP contribution in [0.4, 0.5) is 5.69 Å². The van der Waals surface area contributed by atoms with E-state index in [0.29, 0.717) is 40.4 Å². The van der Waals surface area contributed by atoms with Crippen molar-refractivity contribution in [3.8, 4) is 17.6 Å². The van der Waals surface area contributed by atoms with Crippen LogP contribution in [0, 0.1) is 11.3 Å². The van der Waals surface area contributed by atoms with Crippen molar-refractivity contribution >= 4 is 49.5 Å². The first-order chi connectivity index (χ1) is 16.4. The number of nitrogens with one attached hydrogen (secondary N) is 1. The van der Waals surface area contributed by atoms with Crippen LogP contribution in [0.5, 0.6) is 11.5 Å². The Morgan fingerprint density at radius 1 is 0.971 bits per heavy atom. The highest BCUT2D eigenvalue weighted by molar-refractivity contribution is 9.10. The molecule has 0 spiro atoms. The van der Waals surface area contributed by atoms with E-state index in [1.54, 1.807) is 12.1 Å². The second-order valence-corrected chi connectivity index (χ2v) is 9.11. The highest BCUT2D eigenvalue weighted by Crippen LogP contribution is 2.35. The van der Waals surface area contributed by atoms with Gasteiger partial charge in [0.25, 0.3) is 5.91 Å². The lowest BCUT2D eigenvalue weighted by Gasteiger charge is -2.14. The van der Waals surface area contributed by atoms with Crippen molar-refractivity contribution in [3.05, 3.63) is 91.9 Å². The molecule has 5 nitrogen and oxygen atoms in total. The Bertz CT molecular complexity index is 1210. The monoisotopic (exact) mass is 582 g/mol. The summed E-state index contributed by atoms with van der Waals surface area (Å²) in [5.41, 5.74) is 3.43. The zero-order valence-electron chi connectivity index (χ0n) is 18.9. The van der Waals surface area contributed by atoms with Crippen LogP contribution in [0.3, 0.4) is 0 Å². The van der Waals surface area contributed by atoms with Gasteiger partial charge in [0.05, 0.1) is 6.61 Å². The van der Waals surface area contributed by atoms with Crippen LogP contribution < -0.4 is 14.8 Å². The molecule has 0 unspecified atom stereocenters. The molecule has 0 radical (unpaired) electrons. The molecule has 3 aromatic carbocycles. The lowest BCUT2D eigenvalue weighted by molar-refractivity contribution is -0.112. The van der Waals surface area contributed by atoms with Gasteiger partial charge in [0, 0.05) is 14.6 Å². The lowest BCUT2D eigenvalue weighted by atomic mass is 10.1. The number of aryl methyl sites for hydroxylation is 1. The van der Waals surface area contributed by atoms with E-state index >= 15 is 0 Å². The average Bonchev–Trinajstić information content (AvgIpc) is 2.84. The highest BCUT2D eigenvalue weighted by atomic mass is 79.9. The molecule has 0 aliphatic rings. The number of ether oxygens (including phenoxy) is 2. The third-order valence-corrected chi connectivity index (χ3v) is 6.17. The molecule has 0 aromatic heterocycles. The molecule has 174 valence electrons. The standard InChI is InChI=1S/C27H24Br2N2O3/c1-3-18-7-11-23(12-8-18)31-27(32)21(16-30)13-20-14-25(33-4-2)26(15-24(20)29)34-17-19-5-9-22(28)10-6-19/h5-15H,3-4,17H2,1-2H3,(H,31,32)/b21-13+. The summed E-state index contributed by atoms with van der Waals surface area (Å²) < 4.78 is 13.4. The average molecular weight is 584 g/mol. The second-order valence-electron chi connectivity index (χ2n) is 7.34. The van der Waals surface area contributed by atoms with Gasteiger partial charge in [-0.25, -0.2) is 0 Å². The van der Waals surface area contributed by atoms with Crippen LogP contribution in [-0.4, -0.2) is 12.5 Å². The van der Waals surface area contributed by atoms with E-state index in [4.69, 9.17) is 9.47 Å². The molecule has 0 bridgehead atoms. The minimum atomic E-state index is -0.479. The first-order valence-electron chi connectivity index (χ1n) is 10.8. The topological polar surface area (TPSA) is 71.3 Å². The fourth-order valence-corrected chi connectivity index (χ4v) is 3.81. The number of amides is 1. The molecule has 34 heavy (non-hydrogen) atoms. The van der Waals surface area contributed by atoms with Gasteiger partial charge in [0.15, 0.2) is 11.5 Å². The number of nitriles is 1. The largest absolute Gasteiger partial charge is 0.490 e. The molecular weight excluding hydrogens is 560 g/mol. The Morgan fingerprint density at radius 2 is 1.62 bits per heavy atom. The van der Waals surface area contributed by atoms with Crippen LogP contribution in [0.15, 0.2) is 75.2 Å². The van der Waals surface area contributed by atoms with E-state index in [2.05, 4.69) is 44.1 Å². The van der Waals surface area contributed by atoms with Crippen molar-refractivity contribution in [2.24, 2.45) is 0 Å². The maximum Gasteiger partial charge on any atom is 0.266 e. The van der Waals surface area contributed by atoms with Crippen LogP contribution in [0.1, 0.15) is 30.5 Å². The Kier molecular flexibility index (Phi) is 9.32. The summed E-state index contributed by atoms with van der Waals surface area (Å²) in [6.45, 7) is 4.76. The molecule has 1 N–H and O–H groups in total. The normalized spacial score (nSPS) is 11.0. The summed E-state index contributed by atoms with van der Waals surface area (Å²) in [6, 6.07) is 20.9. The van der Waals surface area contributed by atoms with Gasteiger partial charge in [-0.3, -0.25) is 4.79 Å². The summed E-state index contributed by atoms with van der Waals surface area (Å²) in [6.07, 6.45) is 2.44. The number of anilines is 1. The number of carbonyl (C=O) groups excluding carboxylic acids is 1. The van der Waals surface area contributed by atoms with Gasteiger partial charge in [0.1, 0.15) is 18.2 Å². The Balaban J connectivity index is 1.82. The molecular formula is C27H24Br2N2O3. The van der Waals surface area contributed by atoms with Crippen molar-refractivity contribution < 1.29 is 14.3 Å². The third kappa shape index (κ3) is 6.96. The van der Waals surface area contributed by atoms with Gasteiger partial charge in [-0.15, -0.1) is 0 Å². The Labute approximate surface area is 216 Å². The van der Waals surface area contributed by atoms with E-state index in [1.807, 2.05) is 61.5 Å². The predicted octanol–water partition coefficient (Wildman–Crippen LogP) is 7.30. The van der Waals surface area contributed by atoms with E-state index in [-0.39, 0.29) is 5.57 Å². The minimum absolute atomic E-state index is 0.0220. The van der Waals surface area contributed by atoms with Gasteiger partial charge < -0.3 is 14.8 Å². The molecule has 7 heteroatoms. The van der Waals surface area contributed by atoms with E-state index in [1.165, 1.54) is 11.6 Å². The van der Waals surface area contributed by atoms with Crippen LogP contribution in [0.25, 0.3) is 6.08 Å². The fraction of sp³-hybridized carbons (Fsp3) is 0.185. The maximum absolute atomic E-state index is 12.7. The molecule has 1 amide bonds. The molecule has 0 saturated carbocycles. The van der Waals surface area contributed by atoms with Gasteiger partial charge in [-0.2, -0.15) is 5.26 Å². The SMILES string of the molecule is CCOc1cc(/C=C(\C#N)C(=O)Nc2ccc(CC)cc2)c(Br)cc1OCc1ccc(Br)cc1. The number of benzene rings is 3.